The van der Waals surface area contributed by atoms with Gasteiger partial charge >= 0.3 is 0 Å². The van der Waals surface area contributed by atoms with Gasteiger partial charge < -0.3 is 10.3 Å². The van der Waals surface area contributed by atoms with Crippen molar-refractivity contribution in [3.05, 3.63) is 64.4 Å². The smallest absolute Gasteiger partial charge is 0.121 e. The Balaban J connectivity index is 1.44. The van der Waals surface area contributed by atoms with E-state index in [-0.39, 0.29) is 0 Å². The maximum absolute atomic E-state index is 6.05. The lowest BCUT2D eigenvalue weighted by atomic mass is 10.1. The highest BCUT2D eigenvalue weighted by molar-refractivity contribution is 6.30. The maximum atomic E-state index is 6.05. The number of rotatable bonds is 3. The standard InChI is InChI=1S/C17H16ClN3/c18-13-6-5-11-8-14(9-12(11)7-13)19-10-17-20-15-3-1-2-4-16(15)21-17/h1-7,14,19H,8-10H2,(H,20,21). The van der Waals surface area contributed by atoms with Crippen molar-refractivity contribution in [1.82, 2.24) is 15.3 Å². The van der Waals surface area contributed by atoms with Crippen LogP contribution in [0.25, 0.3) is 11.0 Å². The van der Waals surface area contributed by atoms with E-state index in [1.807, 2.05) is 24.3 Å². The number of aromatic amines is 1. The van der Waals surface area contributed by atoms with Gasteiger partial charge in [-0.15, -0.1) is 0 Å². The Morgan fingerprint density at radius 3 is 2.90 bits per heavy atom. The van der Waals surface area contributed by atoms with E-state index in [1.54, 1.807) is 0 Å². The van der Waals surface area contributed by atoms with E-state index >= 15 is 0 Å². The number of para-hydroxylation sites is 2. The number of benzene rings is 2. The molecule has 0 spiro atoms. The normalized spacial score (nSPS) is 17.3. The zero-order chi connectivity index (χ0) is 14.2. The first-order valence-corrected chi connectivity index (χ1v) is 7.60. The molecule has 0 saturated heterocycles. The lowest BCUT2D eigenvalue weighted by Gasteiger charge is -2.10. The van der Waals surface area contributed by atoms with Crippen LogP contribution >= 0.6 is 11.6 Å². The van der Waals surface area contributed by atoms with Crippen molar-refractivity contribution in [3.8, 4) is 0 Å². The summed E-state index contributed by atoms with van der Waals surface area (Å²) in [5, 5.41) is 4.41. The summed E-state index contributed by atoms with van der Waals surface area (Å²) >= 11 is 6.05. The highest BCUT2D eigenvalue weighted by Gasteiger charge is 2.21. The van der Waals surface area contributed by atoms with Gasteiger partial charge in [0.1, 0.15) is 5.82 Å². The van der Waals surface area contributed by atoms with Crippen LogP contribution in [0, 0.1) is 0 Å². The molecule has 1 heterocycles. The van der Waals surface area contributed by atoms with Crippen LogP contribution in [0.4, 0.5) is 0 Å². The Morgan fingerprint density at radius 2 is 2.00 bits per heavy atom. The molecule has 3 aromatic rings. The molecule has 0 bridgehead atoms. The topological polar surface area (TPSA) is 40.7 Å². The van der Waals surface area contributed by atoms with Gasteiger partial charge in [-0.1, -0.05) is 29.8 Å². The molecular formula is C17H16ClN3. The summed E-state index contributed by atoms with van der Waals surface area (Å²) in [6.45, 7) is 0.765. The summed E-state index contributed by atoms with van der Waals surface area (Å²) in [7, 11) is 0. The van der Waals surface area contributed by atoms with Crippen LogP contribution in [-0.2, 0) is 19.4 Å². The number of nitrogens with zero attached hydrogens (tertiary/aromatic N) is 1. The fraction of sp³-hybridized carbons (Fsp3) is 0.235. The summed E-state index contributed by atoms with van der Waals surface area (Å²) in [5.41, 5.74) is 4.89. The average Bonchev–Trinajstić information content (AvgIpc) is 3.07. The third-order valence-electron chi connectivity index (χ3n) is 4.10. The predicted molar refractivity (Wildman–Crippen MR) is 85.6 cm³/mol. The van der Waals surface area contributed by atoms with Crippen LogP contribution in [0.2, 0.25) is 5.02 Å². The molecule has 1 unspecified atom stereocenters. The number of H-pyrrole nitrogens is 1. The van der Waals surface area contributed by atoms with Crippen LogP contribution in [0.15, 0.2) is 42.5 Å². The molecule has 4 rings (SSSR count). The number of hydrogen-bond acceptors (Lipinski definition) is 2. The molecule has 2 aromatic carbocycles. The van der Waals surface area contributed by atoms with Crippen LogP contribution in [0.3, 0.4) is 0 Å². The van der Waals surface area contributed by atoms with Crippen molar-refractivity contribution >= 4 is 22.6 Å². The minimum Gasteiger partial charge on any atom is -0.341 e. The van der Waals surface area contributed by atoms with Crippen molar-refractivity contribution in [2.45, 2.75) is 25.4 Å². The average molecular weight is 298 g/mol. The Hall–Kier alpha value is -1.84. The number of halogens is 1. The van der Waals surface area contributed by atoms with Crippen LogP contribution in [0.5, 0.6) is 0 Å². The van der Waals surface area contributed by atoms with Crippen molar-refractivity contribution < 1.29 is 0 Å². The van der Waals surface area contributed by atoms with E-state index in [1.165, 1.54) is 11.1 Å². The molecule has 3 nitrogen and oxygen atoms in total. The Labute approximate surface area is 128 Å². The molecule has 0 saturated carbocycles. The summed E-state index contributed by atoms with van der Waals surface area (Å²) in [6, 6.07) is 14.8. The van der Waals surface area contributed by atoms with E-state index in [0.29, 0.717) is 6.04 Å². The highest BCUT2D eigenvalue weighted by Crippen LogP contribution is 2.25. The minimum atomic E-state index is 0.465. The monoisotopic (exact) mass is 297 g/mol. The molecule has 0 amide bonds. The number of imidazole rings is 1. The second kappa shape index (κ2) is 5.17. The first-order chi connectivity index (χ1) is 10.3. The zero-order valence-corrected chi connectivity index (χ0v) is 12.3. The van der Waals surface area contributed by atoms with Crippen LogP contribution < -0.4 is 5.32 Å². The SMILES string of the molecule is Clc1ccc2c(c1)CC(NCc1nc3ccccc3[nH]1)C2. The molecule has 4 heteroatoms. The second-order valence-corrected chi connectivity index (χ2v) is 6.04. The Kier molecular flexibility index (Phi) is 3.17. The molecule has 21 heavy (non-hydrogen) atoms. The Bertz CT molecular complexity index is 761. The minimum absolute atomic E-state index is 0.465. The lowest BCUT2D eigenvalue weighted by molar-refractivity contribution is 0.524. The van der Waals surface area contributed by atoms with Gasteiger partial charge in [-0.25, -0.2) is 4.98 Å². The van der Waals surface area contributed by atoms with Gasteiger partial charge in [0.05, 0.1) is 17.6 Å². The van der Waals surface area contributed by atoms with Gasteiger partial charge in [-0.2, -0.15) is 0 Å². The fourth-order valence-corrected chi connectivity index (χ4v) is 3.26. The largest absolute Gasteiger partial charge is 0.341 e. The first kappa shape index (κ1) is 12.9. The summed E-state index contributed by atoms with van der Waals surface area (Å²) < 4.78 is 0. The van der Waals surface area contributed by atoms with E-state index in [2.05, 4.69) is 33.5 Å². The lowest BCUT2D eigenvalue weighted by Crippen LogP contribution is -2.29. The number of nitrogens with one attached hydrogen (secondary N) is 2. The summed E-state index contributed by atoms with van der Waals surface area (Å²) in [5.74, 6) is 0.991. The second-order valence-electron chi connectivity index (χ2n) is 5.60. The van der Waals surface area contributed by atoms with Gasteiger partial charge in [0.2, 0.25) is 0 Å². The molecule has 1 aliphatic carbocycles. The molecule has 0 radical (unpaired) electrons. The van der Waals surface area contributed by atoms with E-state index in [0.717, 1.165) is 41.3 Å². The van der Waals surface area contributed by atoms with Gasteiger partial charge in [0, 0.05) is 11.1 Å². The molecular weight excluding hydrogens is 282 g/mol. The van der Waals surface area contributed by atoms with Gasteiger partial charge in [-0.05, 0) is 48.2 Å². The van der Waals surface area contributed by atoms with Gasteiger partial charge in [0.15, 0.2) is 0 Å². The van der Waals surface area contributed by atoms with Gasteiger partial charge in [0.25, 0.3) is 0 Å². The number of fused-ring (bicyclic) bond motifs is 2. The third-order valence-corrected chi connectivity index (χ3v) is 4.33. The highest BCUT2D eigenvalue weighted by atomic mass is 35.5. The number of hydrogen-bond donors (Lipinski definition) is 2. The van der Waals surface area contributed by atoms with Crippen LogP contribution in [0.1, 0.15) is 17.0 Å². The molecule has 1 aliphatic rings. The molecule has 2 N–H and O–H groups in total. The van der Waals surface area contributed by atoms with E-state index in [9.17, 15) is 0 Å². The van der Waals surface area contributed by atoms with E-state index < -0.39 is 0 Å². The fourth-order valence-electron chi connectivity index (χ4n) is 3.06. The Morgan fingerprint density at radius 1 is 1.14 bits per heavy atom. The van der Waals surface area contributed by atoms with Crippen molar-refractivity contribution in [2.75, 3.05) is 0 Å². The molecule has 1 atom stereocenters. The third kappa shape index (κ3) is 2.55. The van der Waals surface area contributed by atoms with Gasteiger partial charge in [-0.3, -0.25) is 0 Å². The molecule has 0 aliphatic heterocycles. The maximum Gasteiger partial charge on any atom is 0.121 e. The van der Waals surface area contributed by atoms with Crippen LogP contribution in [-0.4, -0.2) is 16.0 Å². The van der Waals surface area contributed by atoms with E-state index in [4.69, 9.17) is 11.6 Å². The molecule has 0 fully saturated rings. The quantitative estimate of drug-likeness (QED) is 0.777. The predicted octanol–water partition coefficient (Wildman–Crippen LogP) is 3.47. The number of aromatic nitrogens is 2. The summed E-state index contributed by atoms with van der Waals surface area (Å²) in [4.78, 5) is 7.95. The summed E-state index contributed by atoms with van der Waals surface area (Å²) in [6.07, 6.45) is 2.10. The zero-order valence-electron chi connectivity index (χ0n) is 11.6. The molecule has 106 valence electrons. The van der Waals surface area contributed by atoms with Crippen molar-refractivity contribution in [1.29, 1.82) is 0 Å². The first-order valence-electron chi connectivity index (χ1n) is 7.22. The molecule has 1 aromatic heterocycles. The van der Waals surface area contributed by atoms with Crippen molar-refractivity contribution in [3.63, 3.8) is 0 Å². The van der Waals surface area contributed by atoms with Crippen molar-refractivity contribution in [2.24, 2.45) is 0 Å².